The van der Waals surface area contributed by atoms with Crippen LogP contribution in [0.25, 0.3) is 0 Å². The van der Waals surface area contributed by atoms with Crippen molar-refractivity contribution in [2.75, 3.05) is 26.2 Å². The van der Waals surface area contributed by atoms with Gasteiger partial charge in [-0.3, -0.25) is 4.79 Å². The van der Waals surface area contributed by atoms with Gasteiger partial charge in [0.05, 0.1) is 6.04 Å². The van der Waals surface area contributed by atoms with E-state index in [-0.39, 0.29) is 18.1 Å². The molecule has 24 heavy (non-hydrogen) atoms. The van der Waals surface area contributed by atoms with Crippen LogP contribution in [-0.4, -0.2) is 60.4 Å². The first-order valence-corrected chi connectivity index (χ1v) is 8.73. The Hall–Kier alpha value is -1.79. The van der Waals surface area contributed by atoms with E-state index in [1.165, 1.54) is 6.42 Å². The average molecular weight is 334 g/mol. The average Bonchev–Trinajstić information content (AvgIpc) is 2.62. The van der Waals surface area contributed by atoms with Gasteiger partial charge in [0, 0.05) is 6.54 Å². The minimum Gasteiger partial charge on any atom is -0.486 e. The molecule has 6 nitrogen and oxygen atoms in total. The number of fused-ring (bicyclic) bond motifs is 1. The normalized spacial score (nSPS) is 23.3. The summed E-state index contributed by atoms with van der Waals surface area (Å²) in [7, 11) is 0. The minimum absolute atomic E-state index is 0.248. The van der Waals surface area contributed by atoms with Crippen LogP contribution in [0.5, 0.6) is 11.5 Å². The predicted molar refractivity (Wildman–Crippen MR) is 90.3 cm³/mol. The van der Waals surface area contributed by atoms with E-state index in [9.17, 15) is 9.90 Å². The first kappa shape index (κ1) is 17.0. The number of hydrogen-bond acceptors (Lipinski definition) is 5. The standard InChI is InChI=1S/C18H26N2O4/c1-13(17-12-23-15-7-3-4-8-16(15)24-17)19-18(22)14(21)11-20-9-5-2-6-10-20/h3-4,7-8,13-14,17,21H,2,5-6,9-12H2,1H3,(H,19,22)/t13-,14-,17-/m0/s1. The third-order valence-electron chi connectivity index (χ3n) is 4.64. The summed E-state index contributed by atoms with van der Waals surface area (Å²) in [5, 5.41) is 13.0. The molecule has 1 aromatic carbocycles. The van der Waals surface area contributed by atoms with Crippen LogP contribution < -0.4 is 14.8 Å². The van der Waals surface area contributed by atoms with Crippen molar-refractivity contribution in [3.05, 3.63) is 24.3 Å². The van der Waals surface area contributed by atoms with Gasteiger partial charge in [-0.15, -0.1) is 0 Å². The number of piperidine rings is 1. The zero-order valence-corrected chi connectivity index (χ0v) is 14.1. The summed E-state index contributed by atoms with van der Waals surface area (Å²) in [5.74, 6) is 1.05. The van der Waals surface area contributed by atoms with Crippen molar-refractivity contribution < 1.29 is 19.4 Å². The fraction of sp³-hybridized carbons (Fsp3) is 0.611. The van der Waals surface area contributed by atoms with Gasteiger partial charge in [-0.25, -0.2) is 0 Å². The molecule has 1 amide bonds. The van der Waals surface area contributed by atoms with Gasteiger partial charge in [-0.2, -0.15) is 0 Å². The number of amides is 1. The highest BCUT2D eigenvalue weighted by Crippen LogP contribution is 2.31. The molecule has 0 bridgehead atoms. The lowest BCUT2D eigenvalue weighted by molar-refractivity contribution is -0.132. The van der Waals surface area contributed by atoms with E-state index in [2.05, 4.69) is 10.2 Å². The van der Waals surface area contributed by atoms with Gasteiger partial charge in [-0.05, 0) is 45.0 Å². The Morgan fingerprint density at radius 2 is 2.00 bits per heavy atom. The van der Waals surface area contributed by atoms with Gasteiger partial charge in [0.15, 0.2) is 17.6 Å². The number of β-amino-alcohol motifs (C(OH)–C–C–N with tert-alkyl or cyclic N) is 1. The van der Waals surface area contributed by atoms with E-state index in [1.807, 2.05) is 31.2 Å². The highest BCUT2D eigenvalue weighted by atomic mass is 16.6. The Kier molecular flexibility index (Phi) is 5.58. The molecular formula is C18H26N2O4. The lowest BCUT2D eigenvalue weighted by Crippen LogP contribution is -2.52. The van der Waals surface area contributed by atoms with E-state index >= 15 is 0 Å². The van der Waals surface area contributed by atoms with Crippen molar-refractivity contribution >= 4 is 5.91 Å². The molecule has 0 unspecified atom stereocenters. The Morgan fingerprint density at radius 3 is 2.75 bits per heavy atom. The van der Waals surface area contributed by atoms with Gasteiger partial charge < -0.3 is 24.8 Å². The molecule has 2 heterocycles. The van der Waals surface area contributed by atoms with E-state index in [0.29, 0.717) is 18.9 Å². The second-order valence-electron chi connectivity index (χ2n) is 6.59. The largest absolute Gasteiger partial charge is 0.486 e. The monoisotopic (exact) mass is 334 g/mol. The topological polar surface area (TPSA) is 71.0 Å². The van der Waals surface area contributed by atoms with Gasteiger partial charge in [0.25, 0.3) is 5.91 Å². The van der Waals surface area contributed by atoms with Crippen LogP contribution in [0.3, 0.4) is 0 Å². The van der Waals surface area contributed by atoms with E-state index in [0.717, 1.165) is 31.7 Å². The van der Waals surface area contributed by atoms with E-state index in [1.54, 1.807) is 0 Å². The number of carbonyl (C=O) groups is 1. The lowest BCUT2D eigenvalue weighted by Gasteiger charge is -2.32. The number of nitrogens with one attached hydrogen (secondary N) is 1. The molecule has 1 fully saturated rings. The zero-order valence-electron chi connectivity index (χ0n) is 14.1. The number of nitrogens with zero attached hydrogens (tertiary/aromatic N) is 1. The van der Waals surface area contributed by atoms with Crippen LogP contribution in [0.4, 0.5) is 0 Å². The first-order chi connectivity index (χ1) is 11.6. The fourth-order valence-electron chi connectivity index (χ4n) is 3.17. The van der Waals surface area contributed by atoms with Crippen LogP contribution >= 0.6 is 0 Å². The van der Waals surface area contributed by atoms with Crippen molar-refractivity contribution in [3.8, 4) is 11.5 Å². The summed E-state index contributed by atoms with van der Waals surface area (Å²) in [6.45, 7) is 4.55. The van der Waals surface area contributed by atoms with Crippen molar-refractivity contribution in [3.63, 3.8) is 0 Å². The Labute approximate surface area is 142 Å². The SMILES string of the molecule is C[C@H](NC(=O)[C@@H](O)CN1CCCCC1)[C@@H]1COc2ccccc2O1. The van der Waals surface area contributed by atoms with Crippen LogP contribution in [0.15, 0.2) is 24.3 Å². The van der Waals surface area contributed by atoms with Crippen LogP contribution in [-0.2, 0) is 4.79 Å². The quantitative estimate of drug-likeness (QED) is 0.846. The summed E-state index contributed by atoms with van der Waals surface area (Å²) in [6, 6.07) is 7.24. The third-order valence-corrected chi connectivity index (χ3v) is 4.64. The molecule has 0 saturated carbocycles. The maximum atomic E-state index is 12.2. The second-order valence-corrected chi connectivity index (χ2v) is 6.59. The molecule has 6 heteroatoms. The number of ether oxygens (including phenoxy) is 2. The number of para-hydroxylation sites is 2. The van der Waals surface area contributed by atoms with Crippen molar-refractivity contribution in [1.29, 1.82) is 0 Å². The molecule has 0 radical (unpaired) electrons. The van der Waals surface area contributed by atoms with Gasteiger partial charge in [0.2, 0.25) is 0 Å². The highest BCUT2D eigenvalue weighted by molar-refractivity contribution is 5.81. The fourth-order valence-corrected chi connectivity index (χ4v) is 3.17. The molecule has 0 spiro atoms. The molecule has 2 N–H and O–H groups in total. The summed E-state index contributed by atoms with van der Waals surface area (Å²) in [5.41, 5.74) is 0. The van der Waals surface area contributed by atoms with E-state index < -0.39 is 6.10 Å². The molecular weight excluding hydrogens is 308 g/mol. The number of hydrogen-bond donors (Lipinski definition) is 2. The number of rotatable bonds is 5. The summed E-state index contributed by atoms with van der Waals surface area (Å²) in [4.78, 5) is 14.4. The third kappa shape index (κ3) is 4.19. The molecule has 0 aromatic heterocycles. The molecule has 3 atom stereocenters. The van der Waals surface area contributed by atoms with Gasteiger partial charge >= 0.3 is 0 Å². The van der Waals surface area contributed by atoms with Crippen LogP contribution in [0.2, 0.25) is 0 Å². The highest BCUT2D eigenvalue weighted by Gasteiger charge is 2.29. The second kappa shape index (κ2) is 7.85. The molecule has 3 rings (SSSR count). The number of carbonyl (C=O) groups excluding carboxylic acids is 1. The Balaban J connectivity index is 1.49. The Morgan fingerprint density at radius 1 is 1.29 bits per heavy atom. The lowest BCUT2D eigenvalue weighted by atomic mass is 10.1. The zero-order chi connectivity index (χ0) is 16.9. The summed E-state index contributed by atoms with van der Waals surface area (Å²) >= 11 is 0. The summed E-state index contributed by atoms with van der Waals surface area (Å²) in [6.07, 6.45) is 2.22. The molecule has 2 aliphatic rings. The van der Waals surface area contributed by atoms with Crippen LogP contribution in [0.1, 0.15) is 26.2 Å². The summed E-state index contributed by atoms with van der Waals surface area (Å²) < 4.78 is 11.6. The van der Waals surface area contributed by atoms with Crippen molar-refractivity contribution in [2.45, 2.75) is 44.4 Å². The number of likely N-dealkylation sites (tertiary alicyclic amines) is 1. The minimum atomic E-state index is -1.01. The first-order valence-electron chi connectivity index (χ1n) is 8.73. The van der Waals surface area contributed by atoms with E-state index in [4.69, 9.17) is 9.47 Å². The Bertz CT molecular complexity index is 560. The molecule has 0 aliphatic carbocycles. The predicted octanol–water partition coefficient (Wildman–Crippen LogP) is 1.18. The molecule has 1 aromatic rings. The van der Waals surface area contributed by atoms with Gasteiger partial charge in [-0.1, -0.05) is 18.6 Å². The van der Waals surface area contributed by atoms with Crippen molar-refractivity contribution in [1.82, 2.24) is 10.2 Å². The molecule has 2 aliphatic heterocycles. The molecule has 132 valence electrons. The maximum absolute atomic E-state index is 12.2. The number of benzene rings is 1. The molecule has 1 saturated heterocycles. The van der Waals surface area contributed by atoms with Crippen LogP contribution in [0, 0.1) is 0 Å². The maximum Gasteiger partial charge on any atom is 0.250 e. The number of aliphatic hydroxyl groups is 1. The van der Waals surface area contributed by atoms with Gasteiger partial charge in [0.1, 0.15) is 12.7 Å². The smallest absolute Gasteiger partial charge is 0.250 e. The van der Waals surface area contributed by atoms with Crippen molar-refractivity contribution in [2.24, 2.45) is 0 Å². The number of aliphatic hydroxyl groups excluding tert-OH is 1.